The van der Waals surface area contributed by atoms with E-state index in [2.05, 4.69) is 20.9 Å². The van der Waals surface area contributed by atoms with Gasteiger partial charge in [0.05, 0.1) is 5.02 Å². The molecule has 106 valence electrons. The van der Waals surface area contributed by atoms with Gasteiger partial charge in [-0.25, -0.2) is 4.98 Å². The van der Waals surface area contributed by atoms with E-state index in [1.807, 2.05) is 32.0 Å². The highest BCUT2D eigenvalue weighted by Crippen LogP contribution is 2.29. The van der Waals surface area contributed by atoms with Gasteiger partial charge in [0.25, 0.3) is 0 Å². The molecule has 1 aromatic carbocycles. The van der Waals surface area contributed by atoms with Crippen molar-refractivity contribution in [2.24, 2.45) is 0 Å². The third-order valence-corrected chi connectivity index (χ3v) is 3.40. The molecule has 3 nitrogen and oxygen atoms in total. The van der Waals surface area contributed by atoms with Crippen LogP contribution < -0.4 is 9.47 Å². The maximum atomic E-state index is 6.16. The Hall–Kier alpha value is -1.26. The number of pyridine rings is 1. The molecule has 0 radical (unpaired) electrons. The average molecular weight is 357 g/mol. The first-order valence-electron chi connectivity index (χ1n) is 6.20. The Labute approximate surface area is 132 Å². The molecule has 0 atom stereocenters. The van der Waals surface area contributed by atoms with Gasteiger partial charge in [0.2, 0.25) is 5.88 Å². The average Bonchev–Trinajstić information content (AvgIpc) is 2.39. The minimum atomic E-state index is 0.415. The van der Waals surface area contributed by atoms with Crippen molar-refractivity contribution in [3.8, 4) is 11.6 Å². The lowest BCUT2D eigenvalue weighted by atomic mass is 10.1. The Kier molecular flexibility index (Phi) is 5.26. The topological polar surface area (TPSA) is 31.4 Å². The molecule has 0 bridgehead atoms. The molecule has 2 aromatic rings. The highest BCUT2D eigenvalue weighted by atomic mass is 79.9. The molecule has 2 rings (SSSR count). The third kappa shape index (κ3) is 4.12. The highest BCUT2D eigenvalue weighted by molar-refractivity contribution is 9.10. The van der Waals surface area contributed by atoms with Crippen molar-refractivity contribution in [2.75, 3.05) is 13.2 Å². The van der Waals surface area contributed by atoms with Crippen LogP contribution in [0.2, 0.25) is 5.02 Å². The summed E-state index contributed by atoms with van der Waals surface area (Å²) in [5.74, 6) is 1.29. The van der Waals surface area contributed by atoms with Crippen LogP contribution in [0.25, 0.3) is 0 Å². The summed E-state index contributed by atoms with van der Waals surface area (Å²) in [6.07, 6.45) is 1.69. The van der Waals surface area contributed by atoms with Crippen LogP contribution in [0.1, 0.15) is 11.1 Å². The minimum Gasteiger partial charge on any atom is -0.488 e. The first kappa shape index (κ1) is 15.1. The molecule has 5 heteroatoms. The van der Waals surface area contributed by atoms with E-state index >= 15 is 0 Å². The number of aryl methyl sites for hydroxylation is 2. The predicted octanol–water partition coefficient (Wildman–Crippen LogP) is 4.57. The fraction of sp³-hybridized carbons (Fsp3) is 0.267. The molecule has 0 amide bonds. The molecule has 0 N–H and O–H groups in total. The summed E-state index contributed by atoms with van der Waals surface area (Å²) < 4.78 is 12.1. The minimum absolute atomic E-state index is 0.415. The largest absolute Gasteiger partial charge is 0.488 e. The first-order chi connectivity index (χ1) is 9.56. The Morgan fingerprint density at radius 1 is 1.15 bits per heavy atom. The number of benzene rings is 1. The molecule has 1 aromatic heterocycles. The molecule has 0 spiro atoms. The molecule has 0 aliphatic heterocycles. The van der Waals surface area contributed by atoms with Crippen LogP contribution in [0.5, 0.6) is 11.6 Å². The van der Waals surface area contributed by atoms with E-state index in [4.69, 9.17) is 21.1 Å². The van der Waals surface area contributed by atoms with Gasteiger partial charge in [-0.2, -0.15) is 0 Å². The molecular formula is C15H15BrClNO2. The maximum Gasteiger partial charge on any atom is 0.213 e. The standard InChI is InChI=1S/C15H15BrClNO2/c1-10-7-11(2)15(13(17)8-10)20-6-5-19-14-4-3-12(16)9-18-14/h3-4,7-9H,5-6H2,1-2H3. The Morgan fingerprint density at radius 2 is 1.90 bits per heavy atom. The second-order valence-electron chi connectivity index (χ2n) is 4.40. The third-order valence-electron chi connectivity index (χ3n) is 2.65. The van der Waals surface area contributed by atoms with Crippen LogP contribution in [0, 0.1) is 13.8 Å². The number of hydrogen-bond acceptors (Lipinski definition) is 3. The van der Waals surface area contributed by atoms with Crippen LogP contribution in [0.15, 0.2) is 34.9 Å². The smallest absolute Gasteiger partial charge is 0.213 e. The quantitative estimate of drug-likeness (QED) is 0.735. The second kappa shape index (κ2) is 6.95. The zero-order chi connectivity index (χ0) is 14.5. The summed E-state index contributed by atoms with van der Waals surface area (Å²) in [5, 5.41) is 0.629. The number of hydrogen-bond donors (Lipinski definition) is 0. The van der Waals surface area contributed by atoms with Gasteiger partial charge < -0.3 is 9.47 Å². The van der Waals surface area contributed by atoms with Crippen molar-refractivity contribution < 1.29 is 9.47 Å². The Morgan fingerprint density at radius 3 is 2.55 bits per heavy atom. The van der Waals surface area contributed by atoms with Crippen molar-refractivity contribution in [2.45, 2.75) is 13.8 Å². The molecule has 0 saturated carbocycles. The fourth-order valence-electron chi connectivity index (χ4n) is 1.82. The monoisotopic (exact) mass is 355 g/mol. The van der Waals surface area contributed by atoms with E-state index in [0.717, 1.165) is 15.6 Å². The normalized spacial score (nSPS) is 10.4. The molecule has 0 fully saturated rings. The lowest BCUT2D eigenvalue weighted by Crippen LogP contribution is -2.10. The molecule has 0 saturated heterocycles. The van der Waals surface area contributed by atoms with Gasteiger partial charge in [-0.1, -0.05) is 17.7 Å². The SMILES string of the molecule is Cc1cc(C)c(OCCOc2ccc(Br)cn2)c(Cl)c1. The summed E-state index contributed by atoms with van der Waals surface area (Å²) in [7, 11) is 0. The zero-order valence-electron chi connectivity index (χ0n) is 11.3. The van der Waals surface area contributed by atoms with E-state index in [-0.39, 0.29) is 0 Å². The lowest BCUT2D eigenvalue weighted by Gasteiger charge is -2.12. The van der Waals surface area contributed by atoms with Gasteiger partial charge in [0, 0.05) is 16.7 Å². The molecule has 20 heavy (non-hydrogen) atoms. The van der Waals surface area contributed by atoms with Gasteiger partial charge in [-0.05, 0) is 53.0 Å². The number of halogens is 2. The van der Waals surface area contributed by atoms with Crippen molar-refractivity contribution in [3.63, 3.8) is 0 Å². The van der Waals surface area contributed by atoms with E-state index in [1.54, 1.807) is 12.3 Å². The van der Waals surface area contributed by atoms with Crippen LogP contribution in [0.3, 0.4) is 0 Å². The fourth-order valence-corrected chi connectivity index (χ4v) is 2.43. The molecular weight excluding hydrogens is 342 g/mol. The van der Waals surface area contributed by atoms with Gasteiger partial charge in [-0.15, -0.1) is 0 Å². The lowest BCUT2D eigenvalue weighted by molar-refractivity contribution is 0.211. The Bertz CT molecular complexity index is 564. The van der Waals surface area contributed by atoms with Crippen LogP contribution in [-0.4, -0.2) is 18.2 Å². The number of ether oxygens (including phenoxy) is 2. The predicted molar refractivity (Wildman–Crippen MR) is 83.9 cm³/mol. The van der Waals surface area contributed by atoms with Crippen LogP contribution >= 0.6 is 27.5 Å². The molecule has 0 unspecified atom stereocenters. The van der Waals surface area contributed by atoms with Crippen LogP contribution in [0.4, 0.5) is 0 Å². The molecule has 0 aliphatic rings. The summed E-state index contributed by atoms with van der Waals surface area (Å²) in [6, 6.07) is 7.61. The summed E-state index contributed by atoms with van der Waals surface area (Å²) in [5.41, 5.74) is 2.15. The van der Waals surface area contributed by atoms with Crippen molar-refractivity contribution in [1.82, 2.24) is 4.98 Å². The van der Waals surface area contributed by atoms with E-state index in [9.17, 15) is 0 Å². The van der Waals surface area contributed by atoms with Crippen LogP contribution in [-0.2, 0) is 0 Å². The van der Waals surface area contributed by atoms with E-state index < -0.39 is 0 Å². The first-order valence-corrected chi connectivity index (χ1v) is 7.37. The van der Waals surface area contributed by atoms with Crippen molar-refractivity contribution >= 4 is 27.5 Å². The molecule has 0 aliphatic carbocycles. The van der Waals surface area contributed by atoms with Gasteiger partial charge in [-0.3, -0.25) is 0 Å². The number of nitrogens with zero attached hydrogens (tertiary/aromatic N) is 1. The number of aromatic nitrogens is 1. The Balaban J connectivity index is 1.86. The number of rotatable bonds is 5. The second-order valence-corrected chi connectivity index (χ2v) is 5.73. The summed E-state index contributed by atoms with van der Waals surface area (Å²) in [6.45, 7) is 4.82. The summed E-state index contributed by atoms with van der Waals surface area (Å²) >= 11 is 9.49. The van der Waals surface area contributed by atoms with E-state index in [0.29, 0.717) is 29.9 Å². The summed E-state index contributed by atoms with van der Waals surface area (Å²) in [4.78, 5) is 4.12. The van der Waals surface area contributed by atoms with Crippen molar-refractivity contribution in [1.29, 1.82) is 0 Å². The van der Waals surface area contributed by atoms with Gasteiger partial charge in [0.15, 0.2) is 0 Å². The van der Waals surface area contributed by atoms with Gasteiger partial charge in [0.1, 0.15) is 19.0 Å². The zero-order valence-corrected chi connectivity index (χ0v) is 13.7. The maximum absolute atomic E-state index is 6.16. The van der Waals surface area contributed by atoms with Crippen molar-refractivity contribution in [3.05, 3.63) is 51.1 Å². The highest BCUT2D eigenvalue weighted by Gasteiger charge is 2.06. The molecule has 1 heterocycles. The van der Waals surface area contributed by atoms with Gasteiger partial charge >= 0.3 is 0 Å². The van der Waals surface area contributed by atoms with E-state index in [1.165, 1.54) is 0 Å².